The number of anilines is 1. The molecule has 0 saturated heterocycles. The van der Waals surface area contributed by atoms with Crippen LogP contribution in [0.4, 0.5) is 5.69 Å². The highest BCUT2D eigenvalue weighted by Gasteiger charge is 2.19. The van der Waals surface area contributed by atoms with Gasteiger partial charge in [-0.05, 0) is 31.2 Å². The number of rotatable bonds is 7. The largest absolute Gasteiger partial charge is 0.293 e. The summed E-state index contributed by atoms with van der Waals surface area (Å²) in [6.07, 6.45) is 1.07. The lowest BCUT2D eigenvalue weighted by Gasteiger charge is -2.09. The Morgan fingerprint density at radius 2 is 1.78 bits per heavy atom. The van der Waals surface area contributed by atoms with Crippen LogP contribution in [0.2, 0.25) is 0 Å². The van der Waals surface area contributed by atoms with E-state index in [1.165, 1.54) is 11.8 Å². The first-order chi connectivity index (χ1) is 12.8. The van der Waals surface area contributed by atoms with Crippen LogP contribution in [0.5, 0.6) is 0 Å². The number of sulfonamides is 1. The molecule has 0 aliphatic carbocycles. The maximum Gasteiger partial charge on any atom is 0.229 e. The van der Waals surface area contributed by atoms with Gasteiger partial charge in [0.25, 0.3) is 0 Å². The van der Waals surface area contributed by atoms with Crippen LogP contribution in [0.3, 0.4) is 0 Å². The fourth-order valence-electron chi connectivity index (χ4n) is 2.39. The number of benzene rings is 2. The number of H-pyrrole nitrogens is 1. The molecule has 2 N–H and O–H groups in total. The Balaban J connectivity index is 1.66. The fraction of sp³-hybridized carbons (Fsp3) is 0.167. The van der Waals surface area contributed by atoms with Crippen LogP contribution in [-0.4, -0.2) is 40.9 Å². The summed E-state index contributed by atoms with van der Waals surface area (Å²) in [6.45, 7) is 1.79. The number of ketones is 1. The number of aromatic nitrogens is 3. The lowest BCUT2D eigenvalue weighted by atomic mass is 10.1. The van der Waals surface area contributed by atoms with Gasteiger partial charge in [0.05, 0.1) is 11.5 Å². The van der Waals surface area contributed by atoms with Crippen LogP contribution in [-0.2, 0) is 10.0 Å². The van der Waals surface area contributed by atoms with E-state index < -0.39 is 15.3 Å². The molecule has 0 spiro atoms. The van der Waals surface area contributed by atoms with Crippen LogP contribution < -0.4 is 4.72 Å². The number of thioether (sulfide) groups is 1. The number of hydrogen-bond acceptors (Lipinski definition) is 6. The molecule has 2 aromatic carbocycles. The number of nitrogens with zero attached hydrogens (tertiary/aromatic N) is 2. The van der Waals surface area contributed by atoms with E-state index in [1.807, 2.05) is 30.3 Å². The first kappa shape index (κ1) is 19.1. The molecule has 0 unspecified atom stereocenters. The van der Waals surface area contributed by atoms with Gasteiger partial charge in [-0.3, -0.25) is 14.6 Å². The second-order valence-corrected chi connectivity index (χ2v) is 8.96. The molecule has 7 nitrogen and oxygen atoms in total. The van der Waals surface area contributed by atoms with Gasteiger partial charge in [0.2, 0.25) is 15.2 Å². The Morgan fingerprint density at radius 1 is 1.11 bits per heavy atom. The van der Waals surface area contributed by atoms with Gasteiger partial charge in [0, 0.05) is 16.8 Å². The summed E-state index contributed by atoms with van der Waals surface area (Å²) in [4.78, 5) is 17.0. The molecule has 27 heavy (non-hydrogen) atoms. The molecule has 9 heteroatoms. The minimum absolute atomic E-state index is 0.0861. The monoisotopic (exact) mass is 402 g/mol. The highest BCUT2D eigenvalue weighted by molar-refractivity contribution is 8.00. The number of carbonyl (C=O) groups excluding carboxylic acids is 1. The highest BCUT2D eigenvalue weighted by atomic mass is 32.2. The third-order valence-corrected chi connectivity index (χ3v) is 5.20. The quantitative estimate of drug-likeness (QED) is 0.464. The zero-order valence-corrected chi connectivity index (χ0v) is 16.3. The smallest absolute Gasteiger partial charge is 0.229 e. The predicted molar refractivity (Wildman–Crippen MR) is 106 cm³/mol. The van der Waals surface area contributed by atoms with Crippen molar-refractivity contribution >= 4 is 33.3 Å². The van der Waals surface area contributed by atoms with E-state index in [4.69, 9.17) is 0 Å². The van der Waals surface area contributed by atoms with E-state index >= 15 is 0 Å². The third kappa shape index (κ3) is 5.18. The highest BCUT2D eigenvalue weighted by Crippen LogP contribution is 2.25. The molecule has 0 bridgehead atoms. The summed E-state index contributed by atoms with van der Waals surface area (Å²) in [5, 5.41) is 7.14. The zero-order chi connectivity index (χ0) is 19.4. The maximum absolute atomic E-state index is 12.6. The second-order valence-electron chi connectivity index (χ2n) is 5.91. The molecule has 140 valence electrons. The minimum Gasteiger partial charge on any atom is -0.293 e. The van der Waals surface area contributed by atoms with Crippen molar-refractivity contribution in [2.75, 3.05) is 11.0 Å². The van der Waals surface area contributed by atoms with Crippen LogP contribution in [0.15, 0.2) is 59.8 Å². The second kappa shape index (κ2) is 7.93. The predicted octanol–water partition coefficient (Wildman–Crippen LogP) is 3.21. The van der Waals surface area contributed by atoms with E-state index in [0.29, 0.717) is 22.2 Å². The van der Waals surface area contributed by atoms with Gasteiger partial charge >= 0.3 is 0 Å². The van der Waals surface area contributed by atoms with E-state index in [-0.39, 0.29) is 5.78 Å². The molecular weight excluding hydrogens is 384 g/mol. The van der Waals surface area contributed by atoms with Crippen molar-refractivity contribution in [3.63, 3.8) is 0 Å². The number of nitrogens with one attached hydrogen (secondary N) is 2. The number of Topliss-reactive ketones (excluding diaryl/α,β-unsaturated/α-hetero) is 1. The van der Waals surface area contributed by atoms with Crippen molar-refractivity contribution in [3.05, 3.63) is 60.2 Å². The summed E-state index contributed by atoms with van der Waals surface area (Å²) in [7, 11) is -3.35. The fourth-order valence-corrected chi connectivity index (χ4v) is 3.75. The van der Waals surface area contributed by atoms with Gasteiger partial charge in [0.1, 0.15) is 0 Å². The van der Waals surface area contributed by atoms with Crippen molar-refractivity contribution in [3.8, 4) is 11.4 Å². The Bertz CT molecular complexity index is 1030. The van der Waals surface area contributed by atoms with Crippen LogP contribution in [0, 0.1) is 0 Å². The van der Waals surface area contributed by atoms with Crippen molar-refractivity contribution in [1.82, 2.24) is 15.2 Å². The van der Waals surface area contributed by atoms with Crippen molar-refractivity contribution < 1.29 is 13.2 Å². The lowest BCUT2D eigenvalue weighted by molar-refractivity contribution is 0.0994. The SMILES string of the molecule is C[C@@H](Sc1n[nH]c(-c2ccccc2)n1)C(=O)c1ccc(NS(C)(=O)=O)cc1. The Kier molecular flexibility index (Phi) is 5.62. The van der Waals surface area contributed by atoms with Crippen molar-refractivity contribution in [2.24, 2.45) is 0 Å². The average Bonchev–Trinajstić information content (AvgIpc) is 3.09. The maximum atomic E-state index is 12.6. The molecule has 0 saturated carbocycles. The molecule has 3 rings (SSSR count). The van der Waals surface area contributed by atoms with E-state index in [1.54, 1.807) is 31.2 Å². The summed E-state index contributed by atoms with van der Waals surface area (Å²) in [5.41, 5.74) is 1.83. The number of aromatic amines is 1. The van der Waals surface area contributed by atoms with Gasteiger partial charge in [-0.15, -0.1) is 5.10 Å². The molecular formula is C18H18N4O3S2. The molecule has 1 aromatic heterocycles. The molecule has 0 amide bonds. The van der Waals surface area contributed by atoms with E-state index in [9.17, 15) is 13.2 Å². The minimum atomic E-state index is -3.35. The molecule has 0 aliphatic heterocycles. The Labute approximate surface area is 161 Å². The van der Waals surface area contributed by atoms with Crippen LogP contribution >= 0.6 is 11.8 Å². The first-order valence-corrected chi connectivity index (χ1v) is 10.9. The van der Waals surface area contributed by atoms with E-state index in [2.05, 4.69) is 19.9 Å². The number of hydrogen-bond donors (Lipinski definition) is 2. The summed E-state index contributed by atoms with van der Waals surface area (Å²) < 4.78 is 24.8. The molecule has 0 aliphatic rings. The summed E-state index contributed by atoms with van der Waals surface area (Å²) in [5.74, 6) is 0.561. The Hall–Kier alpha value is -2.65. The van der Waals surface area contributed by atoms with Gasteiger partial charge in [-0.2, -0.15) is 0 Å². The van der Waals surface area contributed by atoms with Crippen molar-refractivity contribution in [2.45, 2.75) is 17.3 Å². The lowest BCUT2D eigenvalue weighted by Crippen LogP contribution is -2.14. The molecule has 3 aromatic rings. The molecule has 1 heterocycles. The average molecular weight is 403 g/mol. The standard InChI is InChI=1S/C18H18N4O3S2/c1-12(16(23)13-8-10-15(11-9-13)22-27(2,24)25)26-18-19-17(20-21-18)14-6-4-3-5-7-14/h3-12,22H,1-2H3,(H,19,20,21)/t12-/m1/s1. The molecule has 1 atom stereocenters. The van der Waals surface area contributed by atoms with Crippen LogP contribution in [0.25, 0.3) is 11.4 Å². The van der Waals surface area contributed by atoms with Gasteiger partial charge in [0.15, 0.2) is 11.6 Å². The molecule has 0 fully saturated rings. The van der Waals surface area contributed by atoms with Gasteiger partial charge in [-0.25, -0.2) is 13.4 Å². The first-order valence-electron chi connectivity index (χ1n) is 8.08. The zero-order valence-electron chi connectivity index (χ0n) is 14.7. The Morgan fingerprint density at radius 3 is 2.41 bits per heavy atom. The van der Waals surface area contributed by atoms with Crippen molar-refractivity contribution in [1.29, 1.82) is 0 Å². The summed E-state index contributed by atoms with van der Waals surface area (Å²) in [6, 6.07) is 15.9. The van der Waals surface area contributed by atoms with E-state index in [0.717, 1.165) is 11.8 Å². The number of carbonyl (C=O) groups is 1. The normalized spacial score (nSPS) is 12.5. The van der Waals surface area contributed by atoms with Gasteiger partial charge in [-0.1, -0.05) is 42.1 Å². The van der Waals surface area contributed by atoms with Gasteiger partial charge < -0.3 is 0 Å². The third-order valence-electron chi connectivity index (χ3n) is 3.64. The topological polar surface area (TPSA) is 105 Å². The van der Waals surface area contributed by atoms with Crippen LogP contribution in [0.1, 0.15) is 17.3 Å². The molecule has 0 radical (unpaired) electrons. The summed E-state index contributed by atoms with van der Waals surface area (Å²) >= 11 is 1.26.